The van der Waals surface area contributed by atoms with Crippen molar-refractivity contribution in [3.8, 4) is 11.3 Å². The summed E-state index contributed by atoms with van der Waals surface area (Å²) in [7, 11) is 0. The number of hydrogen-bond donors (Lipinski definition) is 3. The molecule has 3 N–H and O–H groups in total. The molecule has 0 aliphatic heterocycles. The maximum absolute atomic E-state index is 11.6. The number of rotatable bonds is 9. The Labute approximate surface area is 166 Å². The van der Waals surface area contributed by atoms with E-state index in [-0.39, 0.29) is 18.2 Å². The van der Waals surface area contributed by atoms with Crippen LogP contribution >= 0.6 is 23.2 Å². The number of halogens is 2. The van der Waals surface area contributed by atoms with Gasteiger partial charge in [0.15, 0.2) is 5.76 Å². The number of carboxylic acids is 2. The second-order valence-corrected chi connectivity index (χ2v) is 7.38. The summed E-state index contributed by atoms with van der Waals surface area (Å²) < 4.78 is 5.24. The molecule has 9 heteroatoms. The molecular weight excluding hydrogens is 395 g/mol. The topological polar surface area (TPSA) is 113 Å². The smallest absolute Gasteiger partial charge is 0.320 e. The average Bonchev–Trinajstić information content (AvgIpc) is 3.05. The molecule has 7 nitrogen and oxygen atoms in total. The van der Waals surface area contributed by atoms with Crippen molar-refractivity contribution in [1.82, 2.24) is 10.5 Å². The van der Waals surface area contributed by atoms with Gasteiger partial charge >= 0.3 is 11.9 Å². The van der Waals surface area contributed by atoms with E-state index in [1.807, 2.05) is 13.8 Å². The fourth-order valence-corrected chi connectivity index (χ4v) is 2.86. The highest BCUT2D eigenvalue weighted by Crippen LogP contribution is 2.30. The van der Waals surface area contributed by atoms with E-state index in [2.05, 4.69) is 10.5 Å². The zero-order valence-corrected chi connectivity index (χ0v) is 16.3. The lowest BCUT2D eigenvalue weighted by Crippen LogP contribution is -2.41. The molecule has 1 aromatic carbocycles. The molecule has 0 amide bonds. The number of aromatic nitrogens is 1. The van der Waals surface area contributed by atoms with Crippen molar-refractivity contribution >= 4 is 35.1 Å². The third-order valence-electron chi connectivity index (χ3n) is 3.96. The average molecular weight is 415 g/mol. The van der Waals surface area contributed by atoms with Crippen LogP contribution in [-0.2, 0) is 9.59 Å². The number of nitrogens with one attached hydrogen (secondary N) is 1. The largest absolute Gasteiger partial charge is 0.481 e. The van der Waals surface area contributed by atoms with Crippen LogP contribution in [0.5, 0.6) is 0 Å². The van der Waals surface area contributed by atoms with Crippen molar-refractivity contribution in [2.24, 2.45) is 5.92 Å². The van der Waals surface area contributed by atoms with Crippen LogP contribution < -0.4 is 5.32 Å². The molecule has 1 aromatic heterocycles. The van der Waals surface area contributed by atoms with Gasteiger partial charge < -0.3 is 20.1 Å². The van der Waals surface area contributed by atoms with Gasteiger partial charge in [-0.15, -0.1) is 0 Å². The van der Waals surface area contributed by atoms with E-state index >= 15 is 0 Å². The Morgan fingerprint density at radius 3 is 2.41 bits per heavy atom. The van der Waals surface area contributed by atoms with Crippen LogP contribution in [0.4, 0.5) is 0 Å². The third kappa shape index (κ3) is 5.69. The second kappa shape index (κ2) is 9.21. The first-order valence-electron chi connectivity index (χ1n) is 8.30. The van der Waals surface area contributed by atoms with Crippen molar-refractivity contribution in [2.45, 2.75) is 32.2 Å². The molecular formula is C18H20Cl2N2O5. The minimum atomic E-state index is -1.13. The van der Waals surface area contributed by atoms with Crippen molar-refractivity contribution in [3.63, 3.8) is 0 Å². The van der Waals surface area contributed by atoms with E-state index in [0.29, 0.717) is 27.8 Å². The monoisotopic (exact) mass is 414 g/mol. The van der Waals surface area contributed by atoms with E-state index in [1.54, 1.807) is 18.2 Å². The number of aliphatic carboxylic acids is 2. The minimum absolute atomic E-state index is 0.0909. The number of nitrogens with zero attached hydrogens (tertiary/aromatic N) is 1. The summed E-state index contributed by atoms with van der Waals surface area (Å²) in [6, 6.07) is 5.52. The second-order valence-electron chi connectivity index (χ2n) is 6.56. The fraction of sp³-hybridized carbons (Fsp3) is 0.389. The van der Waals surface area contributed by atoms with Crippen molar-refractivity contribution in [1.29, 1.82) is 0 Å². The minimum Gasteiger partial charge on any atom is -0.481 e. The van der Waals surface area contributed by atoms with E-state index in [9.17, 15) is 19.8 Å². The van der Waals surface area contributed by atoms with Gasteiger partial charge in [-0.1, -0.05) is 42.2 Å². The molecule has 0 saturated carbocycles. The van der Waals surface area contributed by atoms with Crippen molar-refractivity contribution in [3.05, 3.63) is 40.0 Å². The molecule has 0 radical (unpaired) electrons. The van der Waals surface area contributed by atoms with E-state index in [1.165, 1.54) is 6.07 Å². The normalized spacial score (nSPS) is 13.5. The Morgan fingerprint density at radius 1 is 1.15 bits per heavy atom. The predicted octanol–water partition coefficient (Wildman–Crippen LogP) is 3.91. The first kappa shape index (κ1) is 21.2. The van der Waals surface area contributed by atoms with Crippen LogP contribution in [0.15, 0.2) is 28.8 Å². The summed E-state index contributed by atoms with van der Waals surface area (Å²) in [6.07, 6.45) is 0.384. The van der Waals surface area contributed by atoms with Gasteiger partial charge in [0.2, 0.25) is 0 Å². The molecule has 0 bridgehead atoms. The van der Waals surface area contributed by atoms with Crippen LogP contribution in [-0.4, -0.2) is 39.9 Å². The van der Waals surface area contributed by atoms with E-state index in [4.69, 9.17) is 27.7 Å². The Balaban J connectivity index is 2.17. The molecule has 0 aliphatic rings. The van der Waals surface area contributed by atoms with Gasteiger partial charge in [-0.3, -0.25) is 9.59 Å². The standard InChI is InChI=1S/C18H20Cl2N2O5/c1-9(2)5-15(18(25)26)21-8-11(17(23)24)14-7-16(27-22-14)10-3-4-12(19)13(20)6-10/h3-4,6-7,9,11,15,21H,5,8H2,1-2H3,(H,23,24)(H,25,26). The highest BCUT2D eigenvalue weighted by molar-refractivity contribution is 6.42. The molecule has 2 aromatic rings. The van der Waals surface area contributed by atoms with E-state index < -0.39 is 23.9 Å². The summed E-state index contributed by atoms with van der Waals surface area (Å²) >= 11 is 11.9. The predicted molar refractivity (Wildman–Crippen MR) is 101 cm³/mol. The van der Waals surface area contributed by atoms with Gasteiger partial charge in [0.1, 0.15) is 12.0 Å². The van der Waals surface area contributed by atoms with Gasteiger partial charge in [0, 0.05) is 18.2 Å². The van der Waals surface area contributed by atoms with Crippen molar-refractivity contribution in [2.75, 3.05) is 6.54 Å². The molecule has 27 heavy (non-hydrogen) atoms. The number of hydrogen-bond acceptors (Lipinski definition) is 5. The number of carboxylic acid groups (broad SMARTS) is 2. The maximum atomic E-state index is 11.6. The first-order valence-corrected chi connectivity index (χ1v) is 9.05. The Hall–Kier alpha value is -2.09. The fourth-order valence-electron chi connectivity index (χ4n) is 2.56. The van der Waals surface area contributed by atoms with Crippen LogP contribution in [0.2, 0.25) is 10.0 Å². The molecule has 0 aliphatic carbocycles. The van der Waals surface area contributed by atoms with Crippen LogP contribution in [0, 0.1) is 5.92 Å². The zero-order valence-electron chi connectivity index (χ0n) is 14.8. The summed E-state index contributed by atoms with van der Waals surface area (Å²) in [5.74, 6) is -2.73. The van der Waals surface area contributed by atoms with Gasteiger partial charge in [0.25, 0.3) is 0 Å². The van der Waals surface area contributed by atoms with Gasteiger partial charge in [0.05, 0.1) is 15.7 Å². The Morgan fingerprint density at radius 2 is 1.85 bits per heavy atom. The summed E-state index contributed by atoms with van der Waals surface area (Å²) in [6.45, 7) is 3.70. The van der Waals surface area contributed by atoms with Crippen LogP contribution in [0.1, 0.15) is 31.9 Å². The van der Waals surface area contributed by atoms with Crippen LogP contribution in [0.3, 0.4) is 0 Å². The summed E-state index contributed by atoms with van der Waals surface area (Å²) in [5, 5.41) is 26.1. The lowest BCUT2D eigenvalue weighted by Gasteiger charge is -2.18. The molecule has 1 heterocycles. The van der Waals surface area contributed by atoms with Gasteiger partial charge in [-0.25, -0.2) is 0 Å². The van der Waals surface area contributed by atoms with Crippen molar-refractivity contribution < 1.29 is 24.3 Å². The molecule has 0 fully saturated rings. The Bertz CT molecular complexity index is 822. The summed E-state index contributed by atoms with van der Waals surface area (Å²) in [4.78, 5) is 23.0. The number of benzene rings is 1. The molecule has 2 rings (SSSR count). The highest BCUT2D eigenvalue weighted by Gasteiger charge is 2.27. The lowest BCUT2D eigenvalue weighted by atomic mass is 10.0. The van der Waals surface area contributed by atoms with Crippen LogP contribution in [0.25, 0.3) is 11.3 Å². The quantitative estimate of drug-likeness (QED) is 0.569. The number of carbonyl (C=O) groups is 2. The molecule has 0 spiro atoms. The summed E-state index contributed by atoms with van der Waals surface area (Å²) in [5.41, 5.74) is 0.785. The molecule has 146 valence electrons. The highest BCUT2D eigenvalue weighted by atomic mass is 35.5. The lowest BCUT2D eigenvalue weighted by molar-refractivity contribution is -0.142. The third-order valence-corrected chi connectivity index (χ3v) is 4.70. The first-order chi connectivity index (χ1) is 12.7. The Kier molecular flexibility index (Phi) is 7.24. The molecule has 2 atom stereocenters. The van der Waals surface area contributed by atoms with Gasteiger partial charge in [-0.05, 0) is 30.5 Å². The zero-order chi connectivity index (χ0) is 20.1. The SMILES string of the molecule is CC(C)CC(NCC(C(=O)O)c1cc(-c2ccc(Cl)c(Cl)c2)on1)C(=O)O. The van der Waals surface area contributed by atoms with E-state index in [0.717, 1.165) is 0 Å². The van der Waals surface area contributed by atoms with Gasteiger partial charge in [-0.2, -0.15) is 0 Å². The molecule has 2 unspecified atom stereocenters. The maximum Gasteiger partial charge on any atom is 0.320 e. The molecule has 0 saturated heterocycles.